The smallest absolute Gasteiger partial charge is 0.160 e. The number of rotatable bonds is 3. The van der Waals surface area contributed by atoms with E-state index in [4.69, 9.17) is 0 Å². The molecule has 0 bridgehead atoms. The zero-order valence-corrected chi connectivity index (χ0v) is 11.0. The van der Waals surface area contributed by atoms with Crippen molar-refractivity contribution < 1.29 is 19.1 Å². The minimum absolute atomic E-state index is 0.0474. The highest BCUT2D eigenvalue weighted by Crippen LogP contribution is 2.37. The van der Waals surface area contributed by atoms with Gasteiger partial charge in [0.25, 0.3) is 0 Å². The molecule has 104 valence electrons. The summed E-state index contributed by atoms with van der Waals surface area (Å²) in [6.45, 7) is 2.03. The predicted octanol–water partition coefficient (Wildman–Crippen LogP) is 1.61. The maximum atomic E-state index is 13.6. The number of aromatic nitrogens is 1. The van der Waals surface area contributed by atoms with Crippen molar-refractivity contribution in [2.24, 2.45) is 0 Å². The largest absolute Gasteiger partial charge is 0.550 e. The molecule has 0 saturated heterocycles. The molecule has 0 saturated carbocycles. The van der Waals surface area contributed by atoms with Crippen LogP contribution in [0.3, 0.4) is 0 Å². The third-order valence-corrected chi connectivity index (χ3v) is 3.93. The molecule has 0 radical (unpaired) electrons. The molecule has 1 atom stereocenters. The van der Waals surface area contributed by atoms with Gasteiger partial charge < -0.3 is 14.5 Å². The first-order chi connectivity index (χ1) is 9.47. The number of halogens is 1. The van der Waals surface area contributed by atoms with Crippen LogP contribution in [-0.4, -0.2) is 16.3 Å². The summed E-state index contributed by atoms with van der Waals surface area (Å²) < 4.78 is 15.5. The molecule has 20 heavy (non-hydrogen) atoms. The molecule has 1 aliphatic heterocycles. The van der Waals surface area contributed by atoms with Gasteiger partial charge in [0, 0.05) is 35.1 Å². The number of carboxylic acid groups (broad SMARTS) is 1. The standard InChI is InChI=1S/C15H14FNO3/c1-8(18)11-5-10(16)6-14-12(11)7-13-9(4-15(19)20)2-3-17(13)14/h5-7,9H,2-4H2,1H3,(H,19,20)/p-1. The van der Waals surface area contributed by atoms with Crippen LogP contribution in [0.15, 0.2) is 18.2 Å². The number of carbonyl (C=O) groups excluding carboxylic acids is 2. The Kier molecular flexibility index (Phi) is 2.85. The van der Waals surface area contributed by atoms with Gasteiger partial charge in [-0.1, -0.05) is 0 Å². The van der Waals surface area contributed by atoms with Crippen molar-refractivity contribution in [2.75, 3.05) is 0 Å². The summed E-state index contributed by atoms with van der Waals surface area (Å²) >= 11 is 0. The van der Waals surface area contributed by atoms with Crippen LogP contribution in [0.1, 0.15) is 41.7 Å². The van der Waals surface area contributed by atoms with Crippen molar-refractivity contribution in [1.82, 2.24) is 4.57 Å². The van der Waals surface area contributed by atoms with E-state index in [1.54, 1.807) is 0 Å². The molecule has 5 heteroatoms. The number of benzene rings is 1. The fraction of sp³-hybridized carbons (Fsp3) is 0.333. The van der Waals surface area contributed by atoms with Crippen molar-refractivity contribution >= 4 is 22.7 Å². The first-order valence-corrected chi connectivity index (χ1v) is 6.51. The Bertz CT molecular complexity index is 732. The molecule has 1 aromatic heterocycles. The molecule has 4 nitrogen and oxygen atoms in total. The maximum Gasteiger partial charge on any atom is 0.160 e. The highest BCUT2D eigenvalue weighted by atomic mass is 19.1. The summed E-state index contributed by atoms with van der Waals surface area (Å²) in [6.07, 6.45) is 0.652. The Hall–Kier alpha value is -2.17. The molecule has 1 aromatic carbocycles. The number of hydrogen-bond donors (Lipinski definition) is 0. The van der Waals surface area contributed by atoms with Crippen LogP contribution in [0.25, 0.3) is 10.9 Å². The van der Waals surface area contributed by atoms with Crippen molar-refractivity contribution in [3.8, 4) is 0 Å². The summed E-state index contributed by atoms with van der Waals surface area (Å²) in [4.78, 5) is 22.4. The summed E-state index contributed by atoms with van der Waals surface area (Å²) in [5.41, 5.74) is 1.84. The summed E-state index contributed by atoms with van der Waals surface area (Å²) in [6, 6.07) is 4.44. The lowest BCUT2D eigenvalue weighted by Crippen LogP contribution is -2.23. The molecule has 0 N–H and O–H groups in total. The molecular weight excluding hydrogens is 261 g/mol. The molecule has 3 rings (SSSR count). The van der Waals surface area contributed by atoms with Gasteiger partial charge in [0.2, 0.25) is 0 Å². The van der Waals surface area contributed by atoms with Crippen LogP contribution in [0.2, 0.25) is 0 Å². The van der Waals surface area contributed by atoms with Crippen molar-refractivity contribution in [3.05, 3.63) is 35.3 Å². The van der Waals surface area contributed by atoms with Crippen LogP contribution in [0, 0.1) is 5.82 Å². The Balaban J connectivity index is 2.20. The van der Waals surface area contributed by atoms with Gasteiger partial charge in [0.1, 0.15) is 5.82 Å². The fourth-order valence-corrected chi connectivity index (χ4v) is 3.06. The van der Waals surface area contributed by atoms with E-state index in [9.17, 15) is 19.1 Å². The van der Waals surface area contributed by atoms with E-state index in [-0.39, 0.29) is 18.1 Å². The average Bonchev–Trinajstić information content (AvgIpc) is 2.88. The number of carboxylic acids is 1. The Morgan fingerprint density at radius 3 is 2.80 bits per heavy atom. The van der Waals surface area contributed by atoms with Crippen LogP contribution in [0.4, 0.5) is 4.39 Å². The first kappa shape index (κ1) is 12.8. The summed E-state index contributed by atoms with van der Waals surface area (Å²) in [7, 11) is 0. The van der Waals surface area contributed by atoms with Gasteiger partial charge >= 0.3 is 0 Å². The quantitative estimate of drug-likeness (QED) is 0.799. The lowest BCUT2D eigenvalue weighted by Gasteiger charge is -2.09. The van der Waals surface area contributed by atoms with Gasteiger partial charge in [0.05, 0.1) is 5.52 Å². The van der Waals surface area contributed by atoms with E-state index < -0.39 is 11.8 Å². The highest BCUT2D eigenvalue weighted by molar-refractivity contribution is 6.07. The maximum absolute atomic E-state index is 13.6. The third-order valence-electron chi connectivity index (χ3n) is 3.93. The second kappa shape index (κ2) is 4.44. The SMILES string of the molecule is CC(=O)c1cc(F)cc2c1cc1n2CCC1CC(=O)[O-]. The zero-order chi connectivity index (χ0) is 14.4. The average molecular weight is 274 g/mol. The number of hydrogen-bond acceptors (Lipinski definition) is 3. The van der Waals surface area contributed by atoms with E-state index in [1.807, 2.05) is 10.6 Å². The van der Waals surface area contributed by atoms with Crippen molar-refractivity contribution in [2.45, 2.75) is 32.2 Å². The molecule has 0 aliphatic carbocycles. The van der Waals surface area contributed by atoms with E-state index >= 15 is 0 Å². The number of aryl methyl sites for hydroxylation is 1. The molecule has 1 aliphatic rings. The van der Waals surface area contributed by atoms with Crippen LogP contribution in [0.5, 0.6) is 0 Å². The lowest BCUT2D eigenvalue weighted by molar-refractivity contribution is -0.306. The molecule has 1 unspecified atom stereocenters. The van der Waals surface area contributed by atoms with Gasteiger partial charge in [-0.05, 0) is 38.0 Å². The Labute approximate surface area is 114 Å². The van der Waals surface area contributed by atoms with E-state index in [0.717, 1.165) is 5.69 Å². The molecule has 0 spiro atoms. The minimum Gasteiger partial charge on any atom is -0.550 e. The van der Waals surface area contributed by atoms with Crippen LogP contribution >= 0.6 is 0 Å². The number of fused-ring (bicyclic) bond motifs is 3. The summed E-state index contributed by atoms with van der Waals surface area (Å²) in [5.74, 6) is -1.87. The molecule has 2 aromatic rings. The second-order valence-corrected chi connectivity index (χ2v) is 5.22. The first-order valence-electron chi connectivity index (χ1n) is 6.51. The van der Waals surface area contributed by atoms with Gasteiger partial charge in [0.15, 0.2) is 5.78 Å². The van der Waals surface area contributed by atoms with Crippen molar-refractivity contribution in [1.29, 1.82) is 0 Å². The number of nitrogens with zero attached hydrogens (tertiary/aromatic N) is 1. The number of carbonyl (C=O) groups is 2. The molecule has 0 fully saturated rings. The van der Waals surface area contributed by atoms with Crippen molar-refractivity contribution in [3.63, 3.8) is 0 Å². The molecule has 2 heterocycles. The zero-order valence-electron chi connectivity index (χ0n) is 11.0. The lowest BCUT2D eigenvalue weighted by atomic mass is 9.99. The Morgan fingerprint density at radius 1 is 1.40 bits per heavy atom. The van der Waals surface area contributed by atoms with E-state index in [0.29, 0.717) is 29.4 Å². The minimum atomic E-state index is -1.09. The number of aliphatic carboxylic acids is 1. The van der Waals surface area contributed by atoms with Gasteiger partial charge in [-0.15, -0.1) is 0 Å². The van der Waals surface area contributed by atoms with Gasteiger partial charge in [-0.25, -0.2) is 4.39 Å². The van der Waals surface area contributed by atoms with Gasteiger partial charge in [-0.2, -0.15) is 0 Å². The third kappa shape index (κ3) is 1.90. The van der Waals surface area contributed by atoms with E-state index in [2.05, 4.69) is 0 Å². The van der Waals surface area contributed by atoms with Gasteiger partial charge in [-0.3, -0.25) is 4.79 Å². The van der Waals surface area contributed by atoms with Crippen LogP contribution in [-0.2, 0) is 11.3 Å². The second-order valence-electron chi connectivity index (χ2n) is 5.22. The number of ketones is 1. The molecule has 0 amide bonds. The highest BCUT2D eigenvalue weighted by Gasteiger charge is 2.26. The predicted molar refractivity (Wildman–Crippen MR) is 68.9 cm³/mol. The monoisotopic (exact) mass is 274 g/mol. The van der Waals surface area contributed by atoms with Crippen LogP contribution < -0.4 is 5.11 Å². The summed E-state index contributed by atoms with van der Waals surface area (Å²) in [5, 5.41) is 11.5. The van der Waals surface area contributed by atoms with E-state index in [1.165, 1.54) is 19.1 Å². The normalized spacial score (nSPS) is 17.4. The Morgan fingerprint density at radius 2 is 2.15 bits per heavy atom. The number of Topliss-reactive ketones (excluding diaryl/α,β-unsaturated/α-hetero) is 1. The topological polar surface area (TPSA) is 62.1 Å². The fourth-order valence-electron chi connectivity index (χ4n) is 3.06. The molecular formula is C15H13FNO3-.